The first-order valence-corrected chi connectivity index (χ1v) is 14.2. The van der Waals surface area contributed by atoms with Crippen LogP contribution in [0.1, 0.15) is 61.6 Å². The molecule has 228 valence electrons. The van der Waals surface area contributed by atoms with E-state index >= 15 is 0 Å². The lowest BCUT2D eigenvalue weighted by molar-refractivity contribution is 0.0239. The number of carbonyl (C=O) groups is 1. The van der Waals surface area contributed by atoms with Gasteiger partial charge in [0.15, 0.2) is 0 Å². The van der Waals surface area contributed by atoms with Crippen LogP contribution in [0.3, 0.4) is 0 Å². The fourth-order valence-electron chi connectivity index (χ4n) is 6.01. The second kappa shape index (κ2) is 12.4. The molecule has 1 unspecified atom stereocenters. The van der Waals surface area contributed by atoms with Crippen LogP contribution in [0.25, 0.3) is 16.5 Å². The average Bonchev–Trinajstić information content (AvgIpc) is 3.35. The summed E-state index contributed by atoms with van der Waals surface area (Å²) in [6.07, 6.45) is -1.14. The molecule has 1 saturated heterocycles. The number of hydrogen-bond donors (Lipinski definition) is 0. The Morgan fingerprint density at radius 3 is 2.43 bits per heavy atom. The molecule has 0 radical (unpaired) electrons. The summed E-state index contributed by atoms with van der Waals surface area (Å²) in [6, 6.07) is 7.69. The van der Waals surface area contributed by atoms with E-state index in [0.717, 1.165) is 50.0 Å². The van der Waals surface area contributed by atoms with E-state index in [2.05, 4.69) is 11.5 Å². The molecule has 0 N–H and O–H groups in total. The Labute approximate surface area is 247 Å². The summed E-state index contributed by atoms with van der Waals surface area (Å²) in [5.74, 6) is 1.44. The maximum absolute atomic E-state index is 13.5. The highest BCUT2D eigenvalue weighted by atomic mass is 19.3. The maximum atomic E-state index is 13.5. The van der Waals surface area contributed by atoms with Crippen molar-refractivity contribution in [2.75, 3.05) is 40.4 Å². The van der Waals surface area contributed by atoms with Crippen molar-refractivity contribution in [2.24, 2.45) is 0 Å². The summed E-state index contributed by atoms with van der Waals surface area (Å²) in [7, 11) is 3.28. The number of aromatic nitrogens is 1. The number of hydrogen-bond acceptors (Lipinski definition) is 6. The largest absolute Gasteiger partial charge is 0.496 e. The van der Waals surface area contributed by atoms with Crippen LogP contribution < -0.4 is 9.47 Å². The Morgan fingerprint density at radius 2 is 1.83 bits per heavy atom. The van der Waals surface area contributed by atoms with Gasteiger partial charge in [0, 0.05) is 48.9 Å². The summed E-state index contributed by atoms with van der Waals surface area (Å²) in [5, 5.41) is 0.882. The minimum Gasteiger partial charge on any atom is -0.496 e. The highest BCUT2D eigenvalue weighted by Gasteiger charge is 2.33. The first-order chi connectivity index (χ1) is 19.7. The Balaban J connectivity index is 1.81. The maximum Gasteiger partial charge on any atom is 0.419 e. The van der Waals surface area contributed by atoms with Crippen molar-refractivity contribution in [1.82, 2.24) is 14.4 Å². The number of carbonyl (C=O) groups excluding carboxylic acids is 1. The average molecular weight is 584 g/mol. The van der Waals surface area contributed by atoms with Gasteiger partial charge in [0.2, 0.25) is 0 Å². The van der Waals surface area contributed by atoms with Crippen LogP contribution in [0.5, 0.6) is 11.5 Å². The van der Waals surface area contributed by atoms with Gasteiger partial charge in [0.05, 0.1) is 32.3 Å². The van der Waals surface area contributed by atoms with Crippen LogP contribution in [-0.2, 0) is 11.3 Å². The van der Waals surface area contributed by atoms with Crippen LogP contribution in [0.4, 0.5) is 13.6 Å². The molecular formula is C33H43F2N3O4. The Kier molecular flexibility index (Phi) is 9.33. The van der Waals surface area contributed by atoms with Gasteiger partial charge in [-0.05, 0) is 70.4 Å². The molecule has 2 heterocycles. The number of allylic oxidation sites excluding steroid dienone is 1. The van der Waals surface area contributed by atoms with Gasteiger partial charge in [-0.3, -0.25) is 14.4 Å². The summed E-state index contributed by atoms with van der Waals surface area (Å²) >= 11 is 0. The molecule has 42 heavy (non-hydrogen) atoms. The normalized spacial score (nSPS) is 16.7. The summed E-state index contributed by atoms with van der Waals surface area (Å²) in [4.78, 5) is 17.2. The molecule has 9 heteroatoms. The summed E-state index contributed by atoms with van der Waals surface area (Å²) in [5.41, 5.74) is 5.76. The predicted molar refractivity (Wildman–Crippen MR) is 163 cm³/mol. The zero-order valence-electron chi connectivity index (χ0n) is 26.0. The van der Waals surface area contributed by atoms with Crippen molar-refractivity contribution in [3.8, 4) is 11.5 Å². The highest BCUT2D eigenvalue weighted by Crippen LogP contribution is 2.40. The van der Waals surface area contributed by atoms with Gasteiger partial charge >= 0.3 is 6.09 Å². The number of nitrogens with zero attached hydrogens (tertiary/aromatic N) is 3. The Morgan fingerprint density at radius 1 is 1.12 bits per heavy atom. The first-order valence-electron chi connectivity index (χ1n) is 14.2. The third-order valence-corrected chi connectivity index (χ3v) is 7.83. The van der Waals surface area contributed by atoms with E-state index in [9.17, 15) is 13.6 Å². The minimum atomic E-state index is -2.42. The van der Waals surface area contributed by atoms with Crippen LogP contribution in [0.2, 0.25) is 0 Å². The SMILES string of the molecule is C=C(C)c1ccc(C2CN(CC(F)F)CCN2Cc2c(OC)cc(C)c3c2ccn3C(=O)OC(C)(C)C)c(OC)c1C. The zero-order valence-corrected chi connectivity index (χ0v) is 26.0. The molecule has 0 aliphatic carbocycles. The molecule has 0 spiro atoms. The van der Waals surface area contributed by atoms with Crippen LogP contribution in [0.15, 0.2) is 37.0 Å². The van der Waals surface area contributed by atoms with Crippen molar-refractivity contribution in [3.05, 3.63) is 64.9 Å². The van der Waals surface area contributed by atoms with Gasteiger partial charge in [-0.15, -0.1) is 0 Å². The number of halogens is 2. The molecule has 3 aromatic rings. The quantitative estimate of drug-likeness (QED) is 0.279. The number of fused-ring (bicyclic) bond motifs is 1. The number of piperazine rings is 1. The third-order valence-electron chi connectivity index (χ3n) is 7.83. The Bertz CT molecular complexity index is 1470. The minimum absolute atomic E-state index is 0.223. The summed E-state index contributed by atoms with van der Waals surface area (Å²) in [6.45, 7) is 17.2. The van der Waals surface area contributed by atoms with Gasteiger partial charge < -0.3 is 14.2 Å². The molecule has 0 saturated carbocycles. The van der Waals surface area contributed by atoms with E-state index < -0.39 is 18.1 Å². The summed E-state index contributed by atoms with van der Waals surface area (Å²) < 4.78 is 45.9. The fraction of sp³-hybridized carbons (Fsp3) is 0.485. The monoisotopic (exact) mass is 583 g/mol. The molecule has 1 atom stereocenters. The second-order valence-electron chi connectivity index (χ2n) is 12.1. The van der Waals surface area contributed by atoms with Gasteiger partial charge in [0.1, 0.15) is 17.1 Å². The molecule has 4 rings (SSSR count). The number of ether oxygens (including phenoxy) is 3. The molecule has 1 aromatic heterocycles. The number of rotatable bonds is 8. The van der Waals surface area contributed by atoms with E-state index in [1.807, 2.05) is 70.7 Å². The first kappa shape index (κ1) is 31.5. The van der Waals surface area contributed by atoms with Gasteiger partial charge in [-0.1, -0.05) is 24.3 Å². The van der Waals surface area contributed by atoms with E-state index in [1.54, 1.807) is 25.0 Å². The van der Waals surface area contributed by atoms with Crippen molar-refractivity contribution >= 4 is 22.6 Å². The topological polar surface area (TPSA) is 56.2 Å². The van der Waals surface area contributed by atoms with Crippen LogP contribution in [0, 0.1) is 13.8 Å². The van der Waals surface area contributed by atoms with Crippen LogP contribution in [-0.4, -0.2) is 72.9 Å². The van der Waals surface area contributed by atoms with E-state index in [0.29, 0.717) is 31.9 Å². The smallest absolute Gasteiger partial charge is 0.419 e. The van der Waals surface area contributed by atoms with Crippen LogP contribution >= 0.6 is 0 Å². The van der Waals surface area contributed by atoms with E-state index in [1.165, 1.54) is 0 Å². The van der Waals surface area contributed by atoms with Gasteiger partial charge in [-0.25, -0.2) is 13.6 Å². The number of benzene rings is 2. The fourth-order valence-corrected chi connectivity index (χ4v) is 6.01. The van der Waals surface area contributed by atoms with Crippen molar-refractivity contribution in [2.45, 2.75) is 66.2 Å². The Hall–Kier alpha value is -3.43. The van der Waals surface area contributed by atoms with Crippen molar-refractivity contribution in [1.29, 1.82) is 0 Å². The molecule has 1 fully saturated rings. The predicted octanol–water partition coefficient (Wildman–Crippen LogP) is 7.22. The van der Waals surface area contributed by atoms with E-state index in [-0.39, 0.29) is 12.6 Å². The van der Waals surface area contributed by atoms with E-state index in [4.69, 9.17) is 14.2 Å². The number of alkyl halides is 2. The highest BCUT2D eigenvalue weighted by molar-refractivity contribution is 5.95. The van der Waals surface area contributed by atoms with Gasteiger partial charge in [0.25, 0.3) is 6.43 Å². The number of aryl methyl sites for hydroxylation is 1. The molecule has 2 aromatic carbocycles. The standard InChI is InChI=1S/C33H43F2N3O4/c1-20(2)23-10-11-25(31(41-9)22(23)4)27-18-36(19-29(34)35)14-15-37(27)17-26-24-12-13-38(32(39)42-33(5,6)7)30(24)21(3)16-28(26)40-8/h10-13,16,27,29H,1,14-15,17-19H2,2-9H3. The second-order valence-corrected chi connectivity index (χ2v) is 12.1. The lowest BCUT2D eigenvalue weighted by Crippen LogP contribution is -2.49. The lowest BCUT2D eigenvalue weighted by atomic mass is 9.93. The molecule has 1 aliphatic heterocycles. The molecule has 0 bridgehead atoms. The van der Waals surface area contributed by atoms with Crippen molar-refractivity contribution in [3.63, 3.8) is 0 Å². The molecule has 7 nitrogen and oxygen atoms in total. The van der Waals surface area contributed by atoms with Crippen molar-refractivity contribution < 1.29 is 27.8 Å². The molecular weight excluding hydrogens is 540 g/mol. The zero-order chi connectivity index (χ0) is 30.9. The molecule has 1 aliphatic rings. The lowest BCUT2D eigenvalue weighted by Gasteiger charge is -2.42. The molecule has 0 amide bonds. The van der Waals surface area contributed by atoms with Gasteiger partial charge in [-0.2, -0.15) is 0 Å². The number of methoxy groups -OCH3 is 2. The third kappa shape index (κ3) is 6.47.